The predicted molar refractivity (Wildman–Crippen MR) is 72.8 cm³/mol. The Kier molecular flexibility index (Phi) is 4.17. The Labute approximate surface area is 122 Å². The van der Waals surface area contributed by atoms with Crippen LogP contribution in [0, 0.1) is 11.6 Å². The zero-order valence-electron chi connectivity index (χ0n) is 11.6. The molecular formula is C15H18F2N2O2. The molecule has 1 amide bonds. The number of benzene rings is 1. The minimum absolute atomic E-state index is 0.0272. The molecule has 2 heterocycles. The summed E-state index contributed by atoms with van der Waals surface area (Å²) in [5.41, 5.74) is 0.248. The van der Waals surface area contributed by atoms with Crippen LogP contribution >= 0.6 is 0 Å². The van der Waals surface area contributed by atoms with E-state index in [0.29, 0.717) is 13.2 Å². The molecule has 2 atom stereocenters. The topological polar surface area (TPSA) is 41.6 Å². The van der Waals surface area contributed by atoms with Crippen molar-refractivity contribution in [2.75, 3.05) is 26.2 Å². The van der Waals surface area contributed by atoms with Crippen molar-refractivity contribution in [3.8, 4) is 0 Å². The summed E-state index contributed by atoms with van der Waals surface area (Å²) in [5, 5.41) is 3.21. The van der Waals surface area contributed by atoms with E-state index in [-0.39, 0.29) is 36.5 Å². The van der Waals surface area contributed by atoms with E-state index in [1.165, 1.54) is 0 Å². The van der Waals surface area contributed by atoms with Gasteiger partial charge >= 0.3 is 0 Å². The lowest BCUT2D eigenvalue weighted by atomic mass is 10.1. The van der Waals surface area contributed by atoms with Crippen molar-refractivity contribution < 1.29 is 18.3 Å². The van der Waals surface area contributed by atoms with Gasteiger partial charge in [0.2, 0.25) is 5.91 Å². The molecule has 3 rings (SSSR count). The van der Waals surface area contributed by atoms with Crippen molar-refractivity contribution in [3.63, 3.8) is 0 Å². The third-order valence-electron chi connectivity index (χ3n) is 4.13. The zero-order chi connectivity index (χ0) is 14.8. The number of carbonyl (C=O) groups is 1. The number of halogens is 2. The van der Waals surface area contributed by atoms with Crippen molar-refractivity contribution in [3.05, 3.63) is 35.4 Å². The Morgan fingerprint density at radius 3 is 3.10 bits per heavy atom. The summed E-state index contributed by atoms with van der Waals surface area (Å²) in [7, 11) is 0. The Balaban J connectivity index is 1.62. The molecule has 0 spiro atoms. The number of rotatable bonds is 3. The monoisotopic (exact) mass is 296 g/mol. The van der Waals surface area contributed by atoms with Crippen LogP contribution in [0.5, 0.6) is 0 Å². The van der Waals surface area contributed by atoms with Crippen molar-refractivity contribution in [1.29, 1.82) is 0 Å². The lowest BCUT2D eigenvalue weighted by Gasteiger charge is -2.37. The van der Waals surface area contributed by atoms with E-state index in [1.54, 1.807) is 0 Å². The van der Waals surface area contributed by atoms with Gasteiger partial charge in [-0.2, -0.15) is 0 Å². The van der Waals surface area contributed by atoms with Crippen LogP contribution in [0.4, 0.5) is 8.78 Å². The molecule has 1 N–H and O–H groups in total. The van der Waals surface area contributed by atoms with Gasteiger partial charge in [0.15, 0.2) is 0 Å². The van der Waals surface area contributed by atoms with Crippen molar-refractivity contribution >= 4 is 5.91 Å². The average Bonchev–Trinajstić information content (AvgIpc) is 2.96. The first kappa shape index (κ1) is 14.4. The number of morpholine rings is 1. The molecule has 2 saturated heterocycles. The molecule has 0 saturated carbocycles. The van der Waals surface area contributed by atoms with Crippen LogP contribution in [0.25, 0.3) is 0 Å². The van der Waals surface area contributed by atoms with Crippen LogP contribution in [-0.2, 0) is 16.0 Å². The van der Waals surface area contributed by atoms with Gasteiger partial charge in [0.1, 0.15) is 11.6 Å². The minimum atomic E-state index is -0.481. The lowest BCUT2D eigenvalue weighted by Crippen LogP contribution is -2.53. The summed E-state index contributed by atoms with van der Waals surface area (Å²) in [4.78, 5) is 14.1. The Bertz CT molecular complexity index is 538. The summed E-state index contributed by atoms with van der Waals surface area (Å²) >= 11 is 0. The molecule has 6 heteroatoms. The number of ether oxygens (including phenoxy) is 1. The maximum absolute atomic E-state index is 13.6. The molecule has 2 aliphatic heterocycles. The highest BCUT2D eigenvalue weighted by Crippen LogP contribution is 2.19. The number of nitrogens with one attached hydrogen (secondary N) is 1. The quantitative estimate of drug-likeness (QED) is 0.908. The van der Waals surface area contributed by atoms with Gasteiger partial charge in [-0.3, -0.25) is 4.79 Å². The number of fused-ring (bicyclic) bond motifs is 1. The van der Waals surface area contributed by atoms with E-state index in [4.69, 9.17) is 4.74 Å². The summed E-state index contributed by atoms with van der Waals surface area (Å²) in [6.45, 7) is 2.58. The average molecular weight is 296 g/mol. The molecule has 0 aromatic heterocycles. The fraction of sp³-hybridized carbons (Fsp3) is 0.533. The smallest absolute Gasteiger partial charge is 0.223 e. The SMILES string of the molecule is O=C(CCc1cc(F)ccc1F)N1CCO[C@H]2CNC[C@H]21. The van der Waals surface area contributed by atoms with Crippen LogP contribution in [0.1, 0.15) is 12.0 Å². The maximum Gasteiger partial charge on any atom is 0.223 e. The minimum Gasteiger partial charge on any atom is -0.373 e. The molecule has 21 heavy (non-hydrogen) atoms. The number of aryl methyl sites for hydroxylation is 1. The van der Waals surface area contributed by atoms with Crippen LogP contribution < -0.4 is 5.32 Å². The molecule has 114 valence electrons. The second-order valence-electron chi connectivity index (χ2n) is 5.46. The van der Waals surface area contributed by atoms with Crippen molar-refractivity contribution in [2.45, 2.75) is 25.0 Å². The van der Waals surface area contributed by atoms with Crippen molar-refractivity contribution in [2.24, 2.45) is 0 Å². The predicted octanol–water partition coefficient (Wildman–Crippen LogP) is 1.10. The molecule has 0 unspecified atom stereocenters. The van der Waals surface area contributed by atoms with E-state index in [0.717, 1.165) is 31.3 Å². The van der Waals surface area contributed by atoms with E-state index in [1.807, 2.05) is 4.90 Å². The normalized spacial score (nSPS) is 25.0. The van der Waals surface area contributed by atoms with Crippen LogP contribution in [0.2, 0.25) is 0 Å². The van der Waals surface area contributed by atoms with E-state index in [2.05, 4.69) is 5.32 Å². The molecule has 2 aliphatic rings. The molecule has 1 aromatic rings. The number of nitrogens with zero attached hydrogens (tertiary/aromatic N) is 1. The van der Waals surface area contributed by atoms with E-state index < -0.39 is 11.6 Å². The lowest BCUT2D eigenvalue weighted by molar-refractivity contribution is -0.142. The number of hydrogen-bond donors (Lipinski definition) is 1. The molecule has 1 aromatic carbocycles. The highest BCUT2D eigenvalue weighted by Gasteiger charge is 2.38. The van der Waals surface area contributed by atoms with Gasteiger partial charge < -0.3 is 15.0 Å². The molecular weight excluding hydrogens is 278 g/mol. The standard InChI is InChI=1S/C15H18F2N2O2/c16-11-2-3-12(17)10(7-11)1-4-15(20)19-5-6-21-14-9-18-8-13(14)19/h2-3,7,13-14,18H,1,4-6,8-9H2/t13-,14+/m1/s1. The van der Waals surface area contributed by atoms with Gasteiger partial charge in [0.05, 0.1) is 18.8 Å². The van der Waals surface area contributed by atoms with E-state index >= 15 is 0 Å². The summed E-state index contributed by atoms with van der Waals surface area (Å²) < 4.78 is 32.3. The first-order valence-electron chi connectivity index (χ1n) is 7.21. The number of amides is 1. The Morgan fingerprint density at radius 2 is 2.24 bits per heavy atom. The van der Waals surface area contributed by atoms with Gasteiger partial charge in [0.25, 0.3) is 0 Å². The first-order valence-corrected chi connectivity index (χ1v) is 7.21. The second kappa shape index (κ2) is 6.07. The van der Waals surface area contributed by atoms with Gasteiger partial charge in [-0.15, -0.1) is 0 Å². The van der Waals surface area contributed by atoms with E-state index in [9.17, 15) is 13.6 Å². The second-order valence-corrected chi connectivity index (χ2v) is 5.46. The first-order chi connectivity index (χ1) is 10.1. The fourth-order valence-electron chi connectivity index (χ4n) is 3.02. The fourth-order valence-corrected chi connectivity index (χ4v) is 3.02. The van der Waals surface area contributed by atoms with Gasteiger partial charge in [-0.25, -0.2) is 8.78 Å². The maximum atomic E-state index is 13.6. The largest absolute Gasteiger partial charge is 0.373 e. The van der Waals surface area contributed by atoms with Gasteiger partial charge in [-0.05, 0) is 30.2 Å². The van der Waals surface area contributed by atoms with Crippen LogP contribution in [0.3, 0.4) is 0 Å². The summed E-state index contributed by atoms with van der Waals surface area (Å²) in [6.07, 6.45) is 0.447. The van der Waals surface area contributed by atoms with Crippen LogP contribution in [-0.4, -0.2) is 49.2 Å². The Morgan fingerprint density at radius 1 is 1.38 bits per heavy atom. The van der Waals surface area contributed by atoms with Gasteiger partial charge in [0, 0.05) is 26.1 Å². The Hall–Kier alpha value is -1.53. The number of carbonyl (C=O) groups excluding carboxylic acids is 1. The summed E-state index contributed by atoms with van der Waals surface area (Å²) in [6, 6.07) is 3.39. The molecule has 0 bridgehead atoms. The van der Waals surface area contributed by atoms with Crippen LogP contribution in [0.15, 0.2) is 18.2 Å². The molecule has 0 aliphatic carbocycles. The highest BCUT2D eigenvalue weighted by atomic mass is 19.1. The highest BCUT2D eigenvalue weighted by molar-refractivity contribution is 5.77. The third kappa shape index (κ3) is 3.06. The zero-order valence-corrected chi connectivity index (χ0v) is 11.6. The number of hydrogen-bond acceptors (Lipinski definition) is 3. The molecule has 4 nitrogen and oxygen atoms in total. The molecule has 0 radical (unpaired) electrons. The summed E-state index contributed by atoms with van der Waals surface area (Å²) in [5.74, 6) is -0.975. The third-order valence-corrected chi connectivity index (χ3v) is 4.13. The molecule has 2 fully saturated rings. The van der Waals surface area contributed by atoms with Gasteiger partial charge in [-0.1, -0.05) is 0 Å². The van der Waals surface area contributed by atoms with Crippen molar-refractivity contribution in [1.82, 2.24) is 10.2 Å².